The summed E-state index contributed by atoms with van der Waals surface area (Å²) in [6, 6.07) is 0. The van der Waals surface area contributed by atoms with Crippen LogP contribution >= 0.6 is 0 Å². The SMILES string of the molecule is CCCCCCCCCCCCCCCCCCOS(=O)(=O)C(F)CCCCCCCCC.CNC. The average Bonchev–Trinajstić information content (AvgIpc) is 2.85. The fourth-order valence-corrected chi connectivity index (χ4v) is 5.26. The molecule has 4 nitrogen and oxygen atoms in total. The van der Waals surface area contributed by atoms with E-state index in [-0.39, 0.29) is 13.0 Å². The third kappa shape index (κ3) is 30.0. The summed E-state index contributed by atoms with van der Waals surface area (Å²) in [6.07, 6.45) is 27.9. The quantitative estimate of drug-likeness (QED) is 0.0836. The smallest absolute Gasteiger partial charge is 0.299 e. The Balaban J connectivity index is 0. The van der Waals surface area contributed by atoms with Crippen molar-refractivity contribution in [2.45, 2.75) is 173 Å². The summed E-state index contributed by atoms with van der Waals surface area (Å²) in [7, 11) is -0.299. The highest BCUT2D eigenvalue weighted by molar-refractivity contribution is 7.87. The second kappa shape index (κ2) is 31.0. The lowest BCUT2D eigenvalue weighted by atomic mass is 10.0. The summed E-state index contributed by atoms with van der Waals surface area (Å²) in [5.41, 5.74) is -1.87. The van der Waals surface area contributed by atoms with E-state index in [4.69, 9.17) is 4.18 Å². The number of alkyl halides is 1. The Labute approximate surface area is 226 Å². The molecule has 0 spiro atoms. The van der Waals surface area contributed by atoms with Gasteiger partial charge >= 0.3 is 0 Å². The van der Waals surface area contributed by atoms with Crippen LogP contribution in [0.2, 0.25) is 0 Å². The minimum Gasteiger partial charge on any atom is -0.323 e. The van der Waals surface area contributed by atoms with Crippen LogP contribution in [0.5, 0.6) is 0 Å². The summed E-state index contributed by atoms with van der Waals surface area (Å²) >= 11 is 0. The predicted molar refractivity (Wildman–Crippen MR) is 157 cm³/mol. The van der Waals surface area contributed by atoms with Crippen LogP contribution in [0.1, 0.15) is 168 Å². The van der Waals surface area contributed by atoms with Crippen molar-refractivity contribution in [1.29, 1.82) is 0 Å². The minimum atomic E-state index is -4.05. The van der Waals surface area contributed by atoms with Crippen molar-refractivity contribution in [3.8, 4) is 0 Å². The summed E-state index contributed by atoms with van der Waals surface area (Å²) in [4.78, 5) is 0. The highest BCUT2D eigenvalue weighted by Crippen LogP contribution is 2.17. The van der Waals surface area contributed by atoms with Crippen molar-refractivity contribution in [2.75, 3.05) is 20.7 Å². The number of nitrogens with one attached hydrogen (secondary N) is 1. The van der Waals surface area contributed by atoms with Gasteiger partial charge in [0.15, 0.2) is 0 Å². The van der Waals surface area contributed by atoms with E-state index < -0.39 is 15.6 Å². The van der Waals surface area contributed by atoms with Gasteiger partial charge in [-0.15, -0.1) is 0 Å². The van der Waals surface area contributed by atoms with Gasteiger partial charge in [0, 0.05) is 0 Å². The summed E-state index contributed by atoms with van der Waals surface area (Å²) < 4.78 is 42.7. The molecule has 0 aliphatic rings. The van der Waals surface area contributed by atoms with E-state index >= 15 is 0 Å². The summed E-state index contributed by atoms with van der Waals surface area (Å²) in [5.74, 6) is 0. The second-order valence-corrected chi connectivity index (χ2v) is 12.2. The van der Waals surface area contributed by atoms with Gasteiger partial charge in [-0.2, -0.15) is 8.42 Å². The number of hydrogen-bond donors (Lipinski definition) is 1. The molecule has 0 aromatic carbocycles. The molecule has 36 heavy (non-hydrogen) atoms. The van der Waals surface area contributed by atoms with E-state index in [2.05, 4.69) is 19.2 Å². The lowest BCUT2D eigenvalue weighted by Gasteiger charge is -2.10. The van der Waals surface area contributed by atoms with E-state index in [1.54, 1.807) is 0 Å². The Hall–Kier alpha value is -0.200. The Bertz CT molecular complexity index is 502. The van der Waals surface area contributed by atoms with Gasteiger partial charge in [-0.1, -0.05) is 149 Å². The molecule has 0 aliphatic carbocycles. The van der Waals surface area contributed by atoms with Gasteiger partial charge < -0.3 is 5.32 Å². The van der Waals surface area contributed by atoms with Crippen molar-refractivity contribution in [3.05, 3.63) is 0 Å². The second-order valence-electron chi connectivity index (χ2n) is 10.4. The van der Waals surface area contributed by atoms with Crippen LogP contribution < -0.4 is 5.32 Å². The van der Waals surface area contributed by atoms with Crippen molar-refractivity contribution in [3.63, 3.8) is 0 Å². The Morgan fingerprint density at radius 2 is 0.833 bits per heavy atom. The van der Waals surface area contributed by atoms with Gasteiger partial charge in [0.25, 0.3) is 10.1 Å². The maximum atomic E-state index is 14.0. The topological polar surface area (TPSA) is 55.4 Å². The first-order valence-electron chi connectivity index (χ1n) is 15.6. The molecule has 1 atom stereocenters. The van der Waals surface area contributed by atoms with Crippen molar-refractivity contribution in [1.82, 2.24) is 5.32 Å². The highest BCUT2D eigenvalue weighted by Gasteiger charge is 2.25. The number of halogens is 1. The van der Waals surface area contributed by atoms with Crippen molar-refractivity contribution in [2.24, 2.45) is 0 Å². The molecule has 0 fully saturated rings. The van der Waals surface area contributed by atoms with Crippen LogP contribution in [0.3, 0.4) is 0 Å². The van der Waals surface area contributed by atoms with Gasteiger partial charge in [-0.05, 0) is 33.4 Å². The molecule has 0 aliphatic heterocycles. The van der Waals surface area contributed by atoms with Gasteiger partial charge in [-0.3, -0.25) is 4.18 Å². The van der Waals surface area contributed by atoms with Gasteiger partial charge in [0.2, 0.25) is 5.50 Å². The largest absolute Gasteiger partial charge is 0.323 e. The molecule has 0 aromatic heterocycles. The zero-order valence-corrected chi connectivity index (χ0v) is 25.6. The maximum absolute atomic E-state index is 14.0. The molecule has 0 rings (SSSR count). The molecule has 0 amide bonds. The van der Waals surface area contributed by atoms with E-state index in [1.807, 2.05) is 14.1 Å². The van der Waals surface area contributed by atoms with E-state index in [0.29, 0.717) is 12.8 Å². The minimum absolute atomic E-state index is 0.0646. The molecule has 0 heterocycles. The number of rotatable bonds is 27. The fourth-order valence-electron chi connectivity index (χ4n) is 4.31. The molecule has 0 saturated carbocycles. The summed E-state index contributed by atoms with van der Waals surface area (Å²) in [5, 5.41) is 2.75. The molecule has 1 unspecified atom stereocenters. The lowest BCUT2D eigenvalue weighted by molar-refractivity contribution is 0.270. The Morgan fingerprint density at radius 1 is 0.556 bits per heavy atom. The first-order chi connectivity index (χ1) is 17.5. The summed E-state index contributed by atoms with van der Waals surface area (Å²) in [6.45, 7) is 4.57. The molecule has 0 aromatic rings. The Morgan fingerprint density at radius 3 is 1.17 bits per heavy atom. The molecule has 0 saturated heterocycles. The van der Waals surface area contributed by atoms with Gasteiger partial charge in [0.1, 0.15) is 0 Å². The normalized spacial score (nSPS) is 12.4. The first kappa shape index (κ1) is 37.9. The van der Waals surface area contributed by atoms with E-state index in [1.165, 1.54) is 103 Å². The molecule has 6 heteroatoms. The molecule has 220 valence electrons. The van der Waals surface area contributed by atoms with E-state index in [0.717, 1.165) is 32.1 Å². The van der Waals surface area contributed by atoms with Crippen LogP contribution in [-0.2, 0) is 14.3 Å². The van der Waals surface area contributed by atoms with Gasteiger partial charge in [0.05, 0.1) is 6.61 Å². The molecule has 0 bridgehead atoms. The van der Waals surface area contributed by atoms with Crippen LogP contribution in [0, 0.1) is 0 Å². The zero-order valence-electron chi connectivity index (χ0n) is 24.8. The number of hydrogen-bond acceptors (Lipinski definition) is 4. The van der Waals surface area contributed by atoms with E-state index in [9.17, 15) is 12.8 Å². The molecular weight excluding hydrogens is 473 g/mol. The van der Waals surface area contributed by atoms with Crippen LogP contribution in [-0.4, -0.2) is 34.6 Å². The molecular formula is C30H64FNO3S. The third-order valence-corrected chi connectivity index (χ3v) is 7.95. The molecule has 0 radical (unpaired) electrons. The van der Waals surface area contributed by atoms with Crippen molar-refractivity contribution >= 4 is 10.1 Å². The van der Waals surface area contributed by atoms with Crippen molar-refractivity contribution < 1.29 is 17.0 Å². The third-order valence-electron chi connectivity index (χ3n) is 6.59. The number of unbranched alkanes of at least 4 members (excludes halogenated alkanes) is 21. The maximum Gasteiger partial charge on any atom is 0.299 e. The van der Waals surface area contributed by atoms with Crippen LogP contribution in [0.25, 0.3) is 0 Å². The highest BCUT2D eigenvalue weighted by atomic mass is 32.2. The molecule has 1 N–H and O–H groups in total. The fraction of sp³-hybridized carbons (Fsp3) is 1.00. The zero-order chi connectivity index (χ0) is 27.2. The Kier molecular flexibility index (Phi) is 32.7. The van der Waals surface area contributed by atoms with Gasteiger partial charge in [-0.25, -0.2) is 4.39 Å². The van der Waals surface area contributed by atoms with Crippen LogP contribution in [0.15, 0.2) is 0 Å². The average molecular weight is 538 g/mol. The first-order valence-corrected chi connectivity index (χ1v) is 17.0. The lowest BCUT2D eigenvalue weighted by Crippen LogP contribution is -2.19. The van der Waals surface area contributed by atoms with Crippen LogP contribution in [0.4, 0.5) is 4.39 Å². The monoisotopic (exact) mass is 537 g/mol. The standard InChI is InChI=1S/C28H57FO3S.C2H7N/c1-3-5-7-9-11-12-13-14-15-16-17-18-19-21-23-25-27-32-33(30,31)28(29)26-24-22-20-10-8-6-4-2;1-3-2/h28H,3-27H2,1-2H3;3H,1-2H3. The predicted octanol–water partition coefficient (Wildman–Crippen LogP) is 9.87.